The van der Waals surface area contributed by atoms with Crippen LogP contribution in [0.5, 0.6) is 0 Å². The van der Waals surface area contributed by atoms with Crippen LogP contribution in [-0.4, -0.2) is 66.1 Å². The van der Waals surface area contributed by atoms with Crippen molar-refractivity contribution < 1.29 is 22.8 Å². The molecule has 1 aliphatic rings. The van der Waals surface area contributed by atoms with E-state index in [4.69, 9.17) is 5.73 Å². The van der Waals surface area contributed by atoms with E-state index in [9.17, 15) is 22.8 Å². The van der Waals surface area contributed by atoms with Crippen LogP contribution in [-0.2, 0) is 4.79 Å². The standard InChI is InChI=1S/C23H25F3N6O2S/c24-23(25,26)20(27)18(14-31-17-6-2-1-3-7-17)21(33)29-9-10-30-22(34)32-11-12-35-19(15-32)16-5-4-8-28-13-16/h1-8,13-14,19H,9-12,15,27H2,(H,29,33)(H,30,34). The molecular weight excluding hydrogens is 481 g/mol. The molecule has 8 nitrogen and oxygen atoms in total. The number of benzene rings is 1. The fraction of sp³-hybridized carbons (Fsp3) is 0.304. The fourth-order valence-corrected chi connectivity index (χ4v) is 4.44. The first-order chi connectivity index (χ1) is 16.8. The maximum Gasteiger partial charge on any atom is 0.431 e. The molecule has 1 aromatic carbocycles. The van der Waals surface area contributed by atoms with E-state index in [1.807, 2.05) is 12.1 Å². The first kappa shape index (κ1) is 26.1. The fourth-order valence-electron chi connectivity index (χ4n) is 3.21. The van der Waals surface area contributed by atoms with Gasteiger partial charge in [-0.25, -0.2) is 4.79 Å². The van der Waals surface area contributed by atoms with Crippen LogP contribution in [0.4, 0.5) is 23.7 Å². The van der Waals surface area contributed by atoms with Crippen molar-refractivity contribution in [3.63, 3.8) is 0 Å². The molecule has 3 amide bonds. The molecule has 1 saturated heterocycles. The Kier molecular flexibility index (Phi) is 9.12. The number of pyridine rings is 1. The summed E-state index contributed by atoms with van der Waals surface area (Å²) in [5.74, 6) is -0.283. The monoisotopic (exact) mass is 506 g/mol. The molecular formula is C23H25F3N6O2S. The number of carbonyl (C=O) groups excluding carboxylic acids is 2. The van der Waals surface area contributed by atoms with E-state index in [2.05, 4.69) is 20.6 Å². The second-order valence-corrected chi connectivity index (χ2v) is 8.81. The van der Waals surface area contributed by atoms with Crippen molar-refractivity contribution >= 4 is 35.6 Å². The van der Waals surface area contributed by atoms with E-state index >= 15 is 0 Å². The number of nitrogens with two attached hydrogens (primary N) is 1. The van der Waals surface area contributed by atoms with Crippen molar-refractivity contribution in [3.8, 4) is 0 Å². The molecule has 4 N–H and O–H groups in total. The molecule has 1 unspecified atom stereocenters. The number of hydrogen-bond acceptors (Lipinski definition) is 6. The number of rotatable bonds is 7. The lowest BCUT2D eigenvalue weighted by Crippen LogP contribution is -2.47. The van der Waals surface area contributed by atoms with E-state index in [-0.39, 0.29) is 24.4 Å². The van der Waals surface area contributed by atoms with E-state index < -0.39 is 23.4 Å². The van der Waals surface area contributed by atoms with Crippen LogP contribution in [0.25, 0.3) is 0 Å². The van der Waals surface area contributed by atoms with Gasteiger partial charge in [0.15, 0.2) is 0 Å². The van der Waals surface area contributed by atoms with Crippen molar-refractivity contribution in [2.45, 2.75) is 11.4 Å². The first-order valence-electron chi connectivity index (χ1n) is 10.7. The smallest absolute Gasteiger partial charge is 0.394 e. The largest absolute Gasteiger partial charge is 0.431 e. The molecule has 0 saturated carbocycles. The Morgan fingerprint density at radius 3 is 2.60 bits per heavy atom. The Morgan fingerprint density at radius 1 is 1.17 bits per heavy atom. The Labute approximate surface area is 204 Å². The molecule has 12 heteroatoms. The normalized spacial score (nSPS) is 17.1. The Hall–Kier alpha value is -3.54. The Bertz CT molecular complexity index is 1060. The maximum atomic E-state index is 13.1. The zero-order valence-corrected chi connectivity index (χ0v) is 19.5. The molecule has 0 radical (unpaired) electrons. The minimum atomic E-state index is -4.90. The van der Waals surface area contributed by atoms with Crippen molar-refractivity contribution in [1.82, 2.24) is 20.5 Å². The maximum absolute atomic E-state index is 13.1. The molecule has 0 aliphatic carbocycles. The van der Waals surface area contributed by atoms with Gasteiger partial charge in [0.1, 0.15) is 5.70 Å². The lowest BCUT2D eigenvalue weighted by Gasteiger charge is -2.32. The number of carbonyl (C=O) groups is 2. The summed E-state index contributed by atoms with van der Waals surface area (Å²) >= 11 is 1.74. The summed E-state index contributed by atoms with van der Waals surface area (Å²) in [6.07, 6.45) is -0.656. The molecule has 2 aromatic rings. The van der Waals surface area contributed by atoms with E-state index in [1.54, 1.807) is 59.4 Å². The zero-order chi connectivity index (χ0) is 25.3. The SMILES string of the molecule is NC(=C(C=Nc1ccccc1)C(=O)NCCNC(=O)N1CCSC(c2cccnc2)C1)C(F)(F)F. The van der Waals surface area contributed by atoms with E-state index in [1.165, 1.54) is 0 Å². The Morgan fingerprint density at radius 2 is 1.91 bits per heavy atom. The zero-order valence-electron chi connectivity index (χ0n) is 18.7. The number of aliphatic imine (C=N–C) groups is 1. The van der Waals surface area contributed by atoms with Crippen molar-refractivity contribution in [1.29, 1.82) is 0 Å². The number of hydrogen-bond donors (Lipinski definition) is 3. The van der Waals surface area contributed by atoms with Crippen LogP contribution >= 0.6 is 11.8 Å². The van der Waals surface area contributed by atoms with Crippen molar-refractivity contribution in [2.75, 3.05) is 31.9 Å². The highest BCUT2D eigenvalue weighted by atomic mass is 32.2. The molecule has 1 aromatic heterocycles. The lowest BCUT2D eigenvalue weighted by molar-refractivity contribution is -0.118. The molecule has 1 atom stereocenters. The number of alkyl halides is 3. The molecule has 1 aliphatic heterocycles. The summed E-state index contributed by atoms with van der Waals surface area (Å²) in [6, 6.07) is 11.7. The van der Waals surface area contributed by atoms with Crippen LogP contribution in [0, 0.1) is 0 Å². The van der Waals surface area contributed by atoms with Gasteiger partial charge in [0.2, 0.25) is 0 Å². The number of allylic oxidation sites excluding steroid dienone is 1. The van der Waals surface area contributed by atoms with Gasteiger partial charge in [-0.15, -0.1) is 0 Å². The number of amides is 3. The van der Waals surface area contributed by atoms with Gasteiger partial charge in [0.25, 0.3) is 5.91 Å². The number of urea groups is 1. The van der Waals surface area contributed by atoms with Crippen LogP contribution < -0.4 is 16.4 Å². The number of thioether (sulfide) groups is 1. The highest BCUT2D eigenvalue weighted by Gasteiger charge is 2.35. The first-order valence-corrected chi connectivity index (χ1v) is 11.8. The molecule has 186 valence electrons. The summed E-state index contributed by atoms with van der Waals surface area (Å²) in [5.41, 5.74) is 4.23. The van der Waals surface area contributed by atoms with Gasteiger partial charge in [-0.05, 0) is 23.8 Å². The summed E-state index contributed by atoms with van der Waals surface area (Å²) in [4.78, 5) is 34.6. The van der Waals surface area contributed by atoms with Gasteiger partial charge in [-0.1, -0.05) is 24.3 Å². The number of nitrogens with zero attached hydrogens (tertiary/aromatic N) is 3. The predicted molar refractivity (Wildman–Crippen MR) is 129 cm³/mol. The highest BCUT2D eigenvalue weighted by molar-refractivity contribution is 7.99. The van der Waals surface area contributed by atoms with Gasteiger partial charge in [-0.3, -0.25) is 14.8 Å². The third-order valence-electron chi connectivity index (χ3n) is 5.04. The van der Waals surface area contributed by atoms with E-state index in [0.717, 1.165) is 17.5 Å². The van der Waals surface area contributed by atoms with Crippen molar-refractivity contribution in [3.05, 3.63) is 71.7 Å². The van der Waals surface area contributed by atoms with E-state index in [0.29, 0.717) is 18.8 Å². The molecule has 0 spiro atoms. The lowest BCUT2D eigenvalue weighted by atomic mass is 10.2. The van der Waals surface area contributed by atoms with Crippen LogP contribution in [0.3, 0.4) is 0 Å². The Balaban J connectivity index is 1.53. The third-order valence-corrected chi connectivity index (χ3v) is 6.28. The molecule has 35 heavy (non-hydrogen) atoms. The quantitative estimate of drug-likeness (QED) is 0.303. The van der Waals surface area contributed by atoms with Crippen LogP contribution in [0.1, 0.15) is 10.8 Å². The van der Waals surface area contributed by atoms with Crippen LogP contribution in [0.15, 0.2) is 71.1 Å². The molecule has 3 rings (SSSR count). The van der Waals surface area contributed by atoms with Crippen LogP contribution in [0.2, 0.25) is 0 Å². The average Bonchev–Trinajstić information content (AvgIpc) is 2.87. The summed E-state index contributed by atoms with van der Waals surface area (Å²) in [5, 5.41) is 5.13. The third kappa shape index (κ3) is 7.74. The second-order valence-electron chi connectivity index (χ2n) is 7.50. The number of aromatic nitrogens is 1. The summed E-state index contributed by atoms with van der Waals surface area (Å²) < 4.78 is 39.4. The topological polar surface area (TPSA) is 113 Å². The molecule has 1 fully saturated rings. The van der Waals surface area contributed by atoms with Gasteiger partial charge in [0, 0.05) is 55.8 Å². The minimum absolute atomic E-state index is 0.0286. The summed E-state index contributed by atoms with van der Waals surface area (Å²) in [7, 11) is 0. The van der Waals surface area contributed by atoms with Gasteiger partial charge < -0.3 is 21.3 Å². The number of nitrogens with one attached hydrogen (secondary N) is 2. The average molecular weight is 507 g/mol. The minimum Gasteiger partial charge on any atom is -0.394 e. The van der Waals surface area contributed by atoms with Crippen molar-refractivity contribution in [2.24, 2.45) is 10.7 Å². The number of halogens is 3. The molecule has 2 heterocycles. The number of para-hydroxylation sites is 1. The van der Waals surface area contributed by atoms with Gasteiger partial charge >= 0.3 is 12.2 Å². The van der Waals surface area contributed by atoms with Gasteiger partial charge in [-0.2, -0.15) is 24.9 Å². The van der Waals surface area contributed by atoms with Gasteiger partial charge in [0.05, 0.1) is 11.3 Å². The second kappa shape index (κ2) is 12.2. The highest BCUT2D eigenvalue weighted by Crippen LogP contribution is 2.32. The molecule has 0 bridgehead atoms. The predicted octanol–water partition coefficient (Wildman–Crippen LogP) is 3.17. The summed E-state index contributed by atoms with van der Waals surface area (Å²) in [6.45, 7) is 0.998.